The molecule has 1 fully saturated rings. The van der Waals surface area contributed by atoms with Crippen molar-refractivity contribution in [1.29, 1.82) is 0 Å². The molecule has 0 bridgehead atoms. The van der Waals surface area contributed by atoms with Crippen molar-refractivity contribution in [2.75, 3.05) is 13.2 Å². The molecule has 124 valence electrons. The third kappa shape index (κ3) is 4.35. The van der Waals surface area contributed by atoms with Gasteiger partial charge in [0, 0.05) is 30.9 Å². The summed E-state index contributed by atoms with van der Waals surface area (Å²) in [7, 11) is 0. The monoisotopic (exact) mass is 336 g/mol. The molecule has 7 nitrogen and oxygen atoms in total. The molecular formula is C15H20N4O3S. The van der Waals surface area contributed by atoms with Crippen LogP contribution in [-0.2, 0) is 22.4 Å². The van der Waals surface area contributed by atoms with E-state index in [4.69, 9.17) is 9.26 Å². The Balaban J connectivity index is 1.37. The highest BCUT2D eigenvalue weighted by atomic mass is 32.1. The molecule has 3 heterocycles. The first kappa shape index (κ1) is 16.1. The van der Waals surface area contributed by atoms with Crippen LogP contribution in [0, 0.1) is 6.92 Å². The topological polar surface area (TPSA) is 90.1 Å². The van der Waals surface area contributed by atoms with Crippen molar-refractivity contribution in [2.24, 2.45) is 0 Å². The molecule has 0 aromatic carbocycles. The number of hydrogen-bond donors (Lipinski definition) is 1. The van der Waals surface area contributed by atoms with Crippen LogP contribution in [0.3, 0.4) is 0 Å². The van der Waals surface area contributed by atoms with Crippen molar-refractivity contribution in [3.63, 3.8) is 0 Å². The minimum Gasteiger partial charge on any atom is -0.368 e. The van der Waals surface area contributed by atoms with E-state index >= 15 is 0 Å². The second-order valence-corrected chi connectivity index (χ2v) is 6.45. The van der Waals surface area contributed by atoms with E-state index < -0.39 is 0 Å². The maximum absolute atomic E-state index is 11.8. The molecule has 1 saturated heterocycles. The molecule has 0 spiro atoms. The number of hydrogen-bond acceptors (Lipinski definition) is 7. The largest absolute Gasteiger partial charge is 0.368 e. The van der Waals surface area contributed by atoms with Crippen LogP contribution in [0.2, 0.25) is 0 Å². The molecule has 1 N–H and O–H groups in total. The number of nitrogens with one attached hydrogen (secondary N) is 1. The Bertz CT molecular complexity index is 649. The third-order valence-corrected chi connectivity index (χ3v) is 4.78. The van der Waals surface area contributed by atoms with Gasteiger partial charge in [0.2, 0.25) is 5.91 Å². The Morgan fingerprint density at radius 3 is 3.13 bits per heavy atom. The molecule has 1 aliphatic rings. The van der Waals surface area contributed by atoms with Crippen molar-refractivity contribution < 1.29 is 14.1 Å². The average molecular weight is 336 g/mol. The van der Waals surface area contributed by atoms with Crippen LogP contribution >= 0.6 is 11.3 Å². The van der Waals surface area contributed by atoms with Crippen molar-refractivity contribution in [2.45, 2.75) is 45.1 Å². The van der Waals surface area contributed by atoms with E-state index in [1.807, 2.05) is 12.4 Å². The molecule has 3 rings (SSSR count). The zero-order valence-electron chi connectivity index (χ0n) is 13.1. The zero-order chi connectivity index (χ0) is 16.1. The minimum absolute atomic E-state index is 0.0284. The van der Waals surface area contributed by atoms with E-state index in [2.05, 4.69) is 20.4 Å². The summed E-state index contributed by atoms with van der Waals surface area (Å²) < 4.78 is 10.7. The number of aromatic nitrogens is 3. The van der Waals surface area contributed by atoms with E-state index in [1.165, 1.54) is 4.88 Å². The van der Waals surface area contributed by atoms with E-state index in [-0.39, 0.29) is 12.0 Å². The van der Waals surface area contributed by atoms with Crippen LogP contribution in [0.1, 0.15) is 47.7 Å². The number of rotatable bonds is 7. The van der Waals surface area contributed by atoms with Crippen molar-refractivity contribution in [1.82, 2.24) is 20.4 Å². The zero-order valence-corrected chi connectivity index (χ0v) is 13.9. The second kappa shape index (κ2) is 7.65. The Morgan fingerprint density at radius 2 is 2.39 bits per heavy atom. The summed E-state index contributed by atoms with van der Waals surface area (Å²) in [5.41, 5.74) is 2.82. The van der Waals surface area contributed by atoms with E-state index in [1.54, 1.807) is 11.3 Å². The summed E-state index contributed by atoms with van der Waals surface area (Å²) in [4.78, 5) is 21.5. The number of carbonyl (C=O) groups is 1. The lowest BCUT2D eigenvalue weighted by Crippen LogP contribution is -2.26. The Morgan fingerprint density at radius 1 is 1.48 bits per heavy atom. The van der Waals surface area contributed by atoms with Gasteiger partial charge in [-0.15, -0.1) is 11.3 Å². The smallest absolute Gasteiger partial charge is 0.255 e. The van der Waals surface area contributed by atoms with Gasteiger partial charge in [0.15, 0.2) is 5.82 Å². The highest BCUT2D eigenvalue weighted by molar-refractivity contribution is 7.09. The van der Waals surface area contributed by atoms with Crippen molar-refractivity contribution >= 4 is 17.2 Å². The van der Waals surface area contributed by atoms with Crippen LogP contribution in [0.15, 0.2) is 10.0 Å². The Hall–Kier alpha value is -1.80. The maximum Gasteiger partial charge on any atom is 0.255 e. The molecule has 1 aliphatic heterocycles. The van der Waals surface area contributed by atoms with Gasteiger partial charge in [-0.2, -0.15) is 4.98 Å². The highest BCUT2D eigenvalue weighted by Crippen LogP contribution is 2.26. The number of amides is 1. The quantitative estimate of drug-likeness (QED) is 0.831. The van der Waals surface area contributed by atoms with Gasteiger partial charge in [-0.3, -0.25) is 4.79 Å². The van der Waals surface area contributed by atoms with Crippen molar-refractivity contribution in [3.05, 3.63) is 27.8 Å². The summed E-state index contributed by atoms with van der Waals surface area (Å²) in [6.45, 7) is 3.22. The van der Waals surface area contributed by atoms with E-state index in [9.17, 15) is 4.79 Å². The fourth-order valence-electron chi connectivity index (χ4n) is 2.47. The number of nitrogens with zero attached hydrogens (tertiary/aromatic N) is 3. The molecular weight excluding hydrogens is 316 g/mol. The lowest BCUT2D eigenvalue weighted by molar-refractivity contribution is -0.121. The van der Waals surface area contributed by atoms with Crippen molar-refractivity contribution in [3.8, 4) is 0 Å². The Labute approximate surface area is 138 Å². The Kier molecular flexibility index (Phi) is 5.35. The standard InChI is InChI=1S/C15H20N4O3S/c1-10-12(23-9-17-10)4-5-14(20)16-7-6-13-18-15(22-19-13)11-3-2-8-21-11/h9,11H,2-8H2,1H3,(H,16,20)/t11-/m1/s1. The predicted octanol–water partition coefficient (Wildman–Crippen LogP) is 1.98. The van der Waals surface area contributed by atoms with Gasteiger partial charge in [0.05, 0.1) is 11.2 Å². The molecule has 0 aliphatic carbocycles. The normalized spacial score (nSPS) is 17.5. The summed E-state index contributed by atoms with van der Waals surface area (Å²) in [5.74, 6) is 1.18. The fourth-order valence-corrected chi connectivity index (χ4v) is 3.25. The molecule has 8 heteroatoms. The van der Waals surface area contributed by atoms with Gasteiger partial charge < -0.3 is 14.6 Å². The first-order valence-corrected chi connectivity index (χ1v) is 8.70. The first-order chi connectivity index (χ1) is 11.2. The van der Waals surface area contributed by atoms with Gasteiger partial charge in [-0.05, 0) is 26.2 Å². The summed E-state index contributed by atoms with van der Waals surface area (Å²) >= 11 is 1.59. The van der Waals surface area contributed by atoms with Crippen LogP contribution < -0.4 is 5.32 Å². The number of carbonyl (C=O) groups excluding carboxylic acids is 1. The third-order valence-electron chi connectivity index (χ3n) is 3.78. The molecule has 23 heavy (non-hydrogen) atoms. The number of aryl methyl sites for hydroxylation is 2. The minimum atomic E-state index is -0.0616. The highest BCUT2D eigenvalue weighted by Gasteiger charge is 2.23. The van der Waals surface area contributed by atoms with Gasteiger partial charge in [0.1, 0.15) is 6.10 Å². The molecule has 0 radical (unpaired) electrons. The van der Waals surface area contributed by atoms with Crippen LogP contribution in [0.5, 0.6) is 0 Å². The second-order valence-electron chi connectivity index (χ2n) is 5.51. The van der Waals surface area contributed by atoms with E-state index in [0.717, 1.165) is 31.6 Å². The van der Waals surface area contributed by atoms with Crippen LogP contribution in [0.25, 0.3) is 0 Å². The SMILES string of the molecule is Cc1ncsc1CCC(=O)NCCc1noc([C@H]2CCCO2)n1. The predicted molar refractivity (Wildman–Crippen MR) is 84.1 cm³/mol. The summed E-state index contributed by atoms with van der Waals surface area (Å²) in [6.07, 6.45) is 3.65. The van der Waals surface area contributed by atoms with Crippen LogP contribution in [-0.4, -0.2) is 34.2 Å². The number of ether oxygens (including phenoxy) is 1. The van der Waals surface area contributed by atoms with Gasteiger partial charge in [0.25, 0.3) is 5.89 Å². The summed E-state index contributed by atoms with van der Waals surface area (Å²) in [5, 5.41) is 6.82. The summed E-state index contributed by atoms with van der Waals surface area (Å²) in [6, 6.07) is 0. The molecule has 0 unspecified atom stereocenters. The molecule has 1 amide bonds. The van der Waals surface area contributed by atoms with Gasteiger partial charge >= 0.3 is 0 Å². The lowest BCUT2D eigenvalue weighted by Gasteiger charge is -2.03. The van der Waals surface area contributed by atoms with Crippen LogP contribution in [0.4, 0.5) is 0 Å². The molecule has 0 saturated carbocycles. The average Bonchev–Trinajstić information content (AvgIpc) is 3.26. The lowest BCUT2D eigenvalue weighted by atomic mass is 10.2. The molecule has 1 atom stereocenters. The molecule has 2 aromatic rings. The van der Waals surface area contributed by atoms with Gasteiger partial charge in [-0.1, -0.05) is 5.16 Å². The maximum atomic E-state index is 11.8. The molecule has 2 aromatic heterocycles. The van der Waals surface area contributed by atoms with E-state index in [0.29, 0.717) is 31.1 Å². The number of thiazole rings is 1. The fraction of sp³-hybridized carbons (Fsp3) is 0.600. The van der Waals surface area contributed by atoms with Gasteiger partial charge in [-0.25, -0.2) is 4.98 Å². The first-order valence-electron chi connectivity index (χ1n) is 7.82.